The molecule has 1 aromatic heterocycles. The Kier molecular flexibility index (Phi) is 5.90. The molecule has 0 unspecified atom stereocenters. The third kappa shape index (κ3) is 4.34. The van der Waals surface area contributed by atoms with Gasteiger partial charge in [-0.2, -0.15) is 5.10 Å². The highest BCUT2D eigenvalue weighted by Gasteiger charge is 2.15. The molecular weight excluding hydrogens is 346 g/mol. The second kappa shape index (κ2) is 7.47. The first-order chi connectivity index (χ1) is 9.99. The molecule has 1 aromatic carbocycles. The van der Waals surface area contributed by atoms with Crippen LogP contribution in [0.4, 0.5) is 0 Å². The number of aromatic nitrogens is 2. The number of nitrogens with zero attached hydrogens (tertiary/aromatic N) is 2. The summed E-state index contributed by atoms with van der Waals surface area (Å²) in [4.78, 5) is 1.21. The Labute approximate surface area is 139 Å². The SMILES string of the molecule is Cc1nn(C)c(Sc2ccccc2Br)c1CNCC(C)C. The third-order valence-corrected chi connectivity index (χ3v) is 5.42. The monoisotopic (exact) mass is 367 g/mol. The van der Waals surface area contributed by atoms with Gasteiger partial charge in [0, 0.05) is 28.5 Å². The van der Waals surface area contributed by atoms with Gasteiger partial charge in [-0.25, -0.2) is 0 Å². The summed E-state index contributed by atoms with van der Waals surface area (Å²) in [5.41, 5.74) is 2.39. The largest absolute Gasteiger partial charge is 0.312 e. The van der Waals surface area contributed by atoms with Crippen molar-refractivity contribution < 1.29 is 0 Å². The first kappa shape index (κ1) is 16.6. The van der Waals surface area contributed by atoms with Crippen LogP contribution in [0.5, 0.6) is 0 Å². The normalized spacial score (nSPS) is 11.3. The molecule has 1 N–H and O–H groups in total. The second-order valence-electron chi connectivity index (χ2n) is 5.55. The van der Waals surface area contributed by atoms with Crippen molar-refractivity contribution in [1.29, 1.82) is 0 Å². The molecule has 114 valence electrons. The second-order valence-corrected chi connectivity index (χ2v) is 7.43. The Morgan fingerprint density at radius 2 is 2.05 bits per heavy atom. The summed E-state index contributed by atoms with van der Waals surface area (Å²) in [6, 6.07) is 8.30. The van der Waals surface area contributed by atoms with Gasteiger partial charge in [0.2, 0.25) is 0 Å². The first-order valence-electron chi connectivity index (χ1n) is 7.14. The highest BCUT2D eigenvalue weighted by molar-refractivity contribution is 9.10. The van der Waals surface area contributed by atoms with Gasteiger partial charge >= 0.3 is 0 Å². The minimum atomic E-state index is 0.654. The molecule has 5 heteroatoms. The van der Waals surface area contributed by atoms with E-state index in [4.69, 9.17) is 0 Å². The molecule has 0 aliphatic heterocycles. The van der Waals surface area contributed by atoms with Crippen LogP contribution in [0.25, 0.3) is 0 Å². The van der Waals surface area contributed by atoms with Crippen molar-refractivity contribution >= 4 is 27.7 Å². The van der Waals surface area contributed by atoms with Gasteiger partial charge in [0.05, 0.1) is 5.69 Å². The van der Waals surface area contributed by atoms with Crippen LogP contribution in [0, 0.1) is 12.8 Å². The molecule has 0 aliphatic rings. The summed E-state index contributed by atoms with van der Waals surface area (Å²) in [7, 11) is 2.01. The summed E-state index contributed by atoms with van der Waals surface area (Å²) in [6.45, 7) is 8.41. The number of benzene rings is 1. The van der Waals surface area contributed by atoms with Gasteiger partial charge < -0.3 is 5.32 Å². The third-order valence-electron chi connectivity index (χ3n) is 3.19. The van der Waals surface area contributed by atoms with Gasteiger partial charge in [0.15, 0.2) is 0 Å². The molecule has 0 amide bonds. The summed E-state index contributed by atoms with van der Waals surface area (Å²) >= 11 is 5.38. The van der Waals surface area contributed by atoms with Crippen molar-refractivity contribution in [3.05, 3.63) is 40.0 Å². The zero-order valence-corrected chi connectivity index (χ0v) is 15.4. The quantitative estimate of drug-likeness (QED) is 0.820. The molecule has 0 radical (unpaired) electrons. The van der Waals surface area contributed by atoms with Gasteiger partial charge in [0.25, 0.3) is 0 Å². The lowest BCUT2D eigenvalue weighted by molar-refractivity contribution is 0.548. The van der Waals surface area contributed by atoms with Crippen molar-refractivity contribution in [1.82, 2.24) is 15.1 Å². The predicted octanol–water partition coefficient (Wildman–Crippen LogP) is 4.39. The maximum atomic E-state index is 4.58. The van der Waals surface area contributed by atoms with E-state index in [1.165, 1.54) is 15.5 Å². The minimum absolute atomic E-state index is 0.654. The van der Waals surface area contributed by atoms with Crippen LogP contribution in [0.1, 0.15) is 25.1 Å². The van der Waals surface area contributed by atoms with E-state index in [9.17, 15) is 0 Å². The van der Waals surface area contributed by atoms with Crippen LogP contribution >= 0.6 is 27.7 Å². The molecule has 0 saturated heterocycles. The Hall–Kier alpha value is -0.780. The number of nitrogens with one attached hydrogen (secondary N) is 1. The van der Waals surface area contributed by atoms with Crippen LogP contribution in [0.2, 0.25) is 0 Å². The van der Waals surface area contributed by atoms with E-state index in [-0.39, 0.29) is 0 Å². The van der Waals surface area contributed by atoms with Gasteiger partial charge in [-0.05, 0) is 47.4 Å². The molecule has 2 aromatic rings. The van der Waals surface area contributed by atoms with Crippen LogP contribution in [-0.2, 0) is 13.6 Å². The molecule has 0 spiro atoms. The van der Waals surface area contributed by atoms with Crippen molar-refractivity contribution in [2.45, 2.75) is 37.2 Å². The molecule has 0 saturated carbocycles. The Balaban J connectivity index is 2.20. The van der Waals surface area contributed by atoms with E-state index in [1.54, 1.807) is 11.8 Å². The average molecular weight is 368 g/mol. The summed E-state index contributed by atoms with van der Waals surface area (Å²) in [5.74, 6) is 0.654. The van der Waals surface area contributed by atoms with Gasteiger partial charge in [0.1, 0.15) is 5.03 Å². The summed E-state index contributed by atoms with van der Waals surface area (Å²) in [5, 5.41) is 9.30. The predicted molar refractivity (Wildman–Crippen MR) is 92.8 cm³/mol. The van der Waals surface area contributed by atoms with Crippen molar-refractivity contribution in [3.8, 4) is 0 Å². The van der Waals surface area contributed by atoms with Gasteiger partial charge in [-0.1, -0.05) is 37.7 Å². The van der Waals surface area contributed by atoms with Crippen LogP contribution < -0.4 is 5.32 Å². The highest BCUT2D eigenvalue weighted by Crippen LogP contribution is 2.35. The van der Waals surface area contributed by atoms with E-state index in [0.717, 1.165) is 23.3 Å². The number of halogens is 1. The smallest absolute Gasteiger partial charge is 0.103 e. The highest BCUT2D eigenvalue weighted by atomic mass is 79.9. The molecule has 2 rings (SSSR count). The van der Waals surface area contributed by atoms with Crippen LogP contribution in [0.15, 0.2) is 38.7 Å². The summed E-state index contributed by atoms with van der Waals surface area (Å²) < 4.78 is 3.10. The number of hydrogen-bond donors (Lipinski definition) is 1. The zero-order chi connectivity index (χ0) is 15.4. The topological polar surface area (TPSA) is 29.9 Å². The number of aryl methyl sites for hydroxylation is 2. The molecule has 0 fully saturated rings. The standard InChI is InChI=1S/C16H22BrN3S/c1-11(2)9-18-10-13-12(3)19-20(4)16(13)21-15-8-6-5-7-14(15)17/h5-8,11,18H,9-10H2,1-4H3. The Morgan fingerprint density at radius 1 is 1.33 bits per heavy atom. The van der Waals surface area contributed by atoms with Crippen molar-refractivity contribution in [3.63, 3.8) is 0 Å². The Morgan fingerprint density at radius 3 is 2.71 bits per heavy atom. The average Bonchev–Trinajstić information content (AvgIpc) is 2.67. The summed E-state index contributed by atoms with van der Waals surface area (Å²) in [6.07, 6.45) is 0. The molecule has 0 bridgehead atoms. The molecule has 1 heterocycles. The Bertz CT molecular complexity index is 608. The molecule has 0 atom stereocenters. The fourth-order valence-electron chi connectivity index (χ4n) is 2.13. The van der Waals surface area contributed by atoms with Crippen molar-refractivity contribution in [2.24, 2.45) is 13.0 Å². The van der Waals surface area contributed by atoms with E-state index < -0.39 is 0 Å². The van der Waals surface area contributed by atoms with E-state index in [2.05, 4.69) is 65.3 Å². The van der Waals surface area contributed by atoms with Gasteiger partial charge in [-0.3, -0.25) is 4.68 Å². The van der Waals surface area contributed by atoms with Crippen LogP contribution in [-0.4, -0.2) is 16.3 Å². The maximum absolute atomic E-state index is 4.58. The fraction of sp³-hybridized carbons (Fsp3) is 0.438. The maximum Gasteiger partial charge on any atom is 0.103 e. The lowest BCUT2D eigenvalue weighted by atomic mass is 10.2. The minimum Gasteiger partial charge on any atom is -0.312 e. The van der Waals surface area contributed by atoms with E-state index in [1.807, 2.05) is 17.8 Å². The first-order valence-corrected chi connectivity index (χ1v) is 8.75. The van der Waals surface area contributed by atoms with Crippen LogP contribution in [0.3, 0.4) is 0 Å². The van der Waals surface area contributed by atoms with E-state index in [0.29, 0.717) is 5.92 Å². The lowest BCUT2D eigenvalue weighted by Crippen LogP contribution is -2.19. The molecular formula is C16H22BrN3S. The van der Waals surface area contributed by atoms with E-state index >= 15 is 0 Å². The molecule has 21 heavy (non-hydrogen) atoms. The lowest BCUT2D eigenvalue weighted by Gasteiger charge is -2.10. The van der Waals surface area contributed by atoms with Gasteiger partial charge in [-0.15, -0.1) is 0 Å². The fourth-order valence-corrected chi connectivity index (χ4v) is 3.69. The zero-order valence-electron chi connectivity index (χ0n) is 13.0. The number of rotatable bonds is 6. The molecule has 0 aliphatic carbocycles. The molecule has 3 nitrogen and oxygen atoms in total. The number of hydrogen-bond acceptors (Lipinski definition) is 3. The van der Waals surface area contributed by atoms with Crippen molar-refractivity contribution in [2.75, 3.05) is 6.54 Å².